The number of aromatic nitrogens is 2. The van der Waals surface area contributed by atoms with Crippen molar-refractivity contribution in [2.45, 2.75) is 26.2 Å². The molecule has 2 aromatic rings. The van der Waals surface area contributed by atoms with E-state index in [1.807, 2.05) is 36.4 Å². The highest BCUT2D eigenvalue weighted by Gasteiger charge is 2.04. The second-order valence-corrected chi connectivity index (χ2v) is 4.35. The van der Waals surface area contributed by atoms with E-state index < -0.39 is 0 Å². The molecule has 0 saturated heterocycles. The van der Waals surface area contributed by atoms with E-state index in [4.69, 9.17) is 11.6 Å². The van der Waals surface area contributed by atoms with Crippen LogP contribution in [0.3, 0.4) is 0 Å². The van der Waals surface area contributed by atoms with Crippen LogP contribution in [0.25, 0.3) is 11.3 Å². The van der Waals surface area contributed by atoms with Gasteiger partial charge in [0.2, 0.25) is 0 Å². The molecule has 0 spiro atoms. The van der Waals surface area contributed by atoms with Gasteiger partial charge in [-0.1, -0.05) is 55.3 Å². The fraction of sp³-hybridized carbons (Fsp3) is 0.286. The molecule has 0 aliphatic heterocycles. The molecule has 88 valence electrons. The van der Waals surface area contributed by atoms with E-state index >= 15 is 0 Å². The molecule has 2 rings (SSSR count). The third kappa shape index (κ3) is 3.27. The maximum Gasteiger partial charge on any atom is 0.133 e. The zero-order valence-corrected chi connectivity index (χ0v) is 10.6. The lowest BCUT2D eigenvalue weighted by atomic mass is 10.1. The minimum absolute atomic E-state index is 0.518. The summed E-state index contributed by atoms with van der Waals surface area (Å²) < 4.78 is 0. The molecule has 0 N–H and O–H groups in total. The van der Waals surface area contributed by atoms with Gasteiger partial charge in [-0.15, -0.1) is 0 Å². The highest BCUT2D eigenvalue weighted by atomic mass is 35.5. The Morgan fingerprint density at radius 3 is 2.59 bits per heavy atom. The SMILES string of the molecule is CCCCc1nc(Cl)cc(-c2ccccc2)n1. The number of unbranched alkanes of at least 4 members (excludes halogenated alkanes) is 1. The average Bonchev–Trinajstić information content (AvgIpc) is 2.37. The Morgan fingerprint density at radius 2 is 1.88 bits per heavy atom. The van der Waals surface area contributed by atoms with Crippen molar-refractivity contribution >= 4 is 11.6 Å². The van der Waals surface area contributed by atoms with E-state index in [9.17, 15) is 0 Å². The minimum Gasteiger partial charge on any atom is -0.233 e. The topological polar surface area (TPSA) is 25.8 Å². The van der Waals surface area contributed by atoms with Crippen LogP contribution in [0.5, 0.6) is 0 Å². The van der Waals surface area contributed by atoms with E-state index in [2.05, 4.69) is 16.9 Å². The summed E-state index contributed by atoms with van der Waals surface area (Å²) in [6.45, 7) is 2.16. The van der Waals surface area contributed by atoms with Crippen LogP contribution in [0.4, 0.5) is 0 Å². The molecule has 3 heteroatoms. The molecule has 1 heterocycles. The molecule has 1 aromatic heterocycles. The van der Waals surface area contributed by atoms with Crippen LogP contribution in [0.15, 0.2) is 36.4 Å². The van der Waals surface area contributed by atoms with Crippen LogP contribution in [0.2, 0.25) is 5.15 Å². The zero-order valence-electron chi connectivity index (χ0n) is 9.86. The van der Waals surface area contributed by atoms with Gasteiger partial charge in [0.25, 0.3) is 0 Å². The van der Waals surface area contributed by atoms with Crippen molar-refractivity contribution in [1.29, 1.82) is 0 Å². The molecule has 0 bridgehead atoms. The molecular weight excluding hydrogens is 232 g/mol. The lowest BCUT2D eigenvalue weighted by Gasteiger charge is -2.04. The van der Waals surface area contributed by atoms with Gasteiger partial charge in [-0.05, 0) is 6.42 Å². The summed E-state index contributed by atoms with van der Waals surface area (Å²) in [7, 11) is 0. The largest absolute Gasteiger partial charge is 0.233 e. The normalized spacial score (nSPS) is 10.5. The average molecular weight is 247 g/mol. The summed E-state index contributed by atoms with van der Waals surface area (Å²) in [6.07, 6.45) is 3.11. The maximum atomic E-state index is 6.03. The molecule has 0 fully saturated rings. The molecule has 0 aliphatic rings. The number of rotatable bonds is 4. The lowest BCUT2D eigenvalue weighted by molar-refractivity contribution is 0.753. The number of benzene rings is 1. The minimum atomic E-state index is 0.518. The van der Waals surface area contributed by atoms with Crippen LogP contribution in [-0.4, -0.2) is 9.97 Å². The Balaban J connectivity index is 2.32. The molecule has 1 aromatic carbocycles. The summed E-state index contributed by atoms with van der Waals surface area (Å²) in [5.74, 6) is 0.832. The fourth-order valence-corrected chi connectivity index (χ4v) is 1.87. The van der Waals surface area contributed by atoms with E-state index in [-0.39, 0.29) is 0 Å². The number of halogens is 1. The number of nitrogens with zero attached hydrogens (tertiary/aromatic N) is 2. The Labute approximate surface area is 107 Å². The summed E-state index contributed by atoms with van der Waals surface area (Å²) in [5, 5.41) is 0.518. The van der Waals surface area contributed by atoms with Gasteiger partial charge in [0.1, 0.15) is 11.0 Å². The third-order valence-corrected chi connectivity index (χ3v) is 2.76. The van der Waals surface area contributed by atoms with Gasteiger partial charge in [-0.3, -0.25) is 0 Å². The van der Waals surface area contributed by atoms with Gasteiger partial charge in [-0.2, -0.15) is 0 Å². The second-order valence-electron chi connectivity index (χ2n) is 3.96. The van der Waals surface area contributed by atoms with Gasteiger partial charge in [0, 0.05) is 18.1 Å². The Morgan fingerprint density at radius 1 is 1.12 bits per heavy atom. The summed E-state index contributed by atoms with van der Waals surface area (Å²) >= 11 is 6.03. The monoisotopic (exact) mass is 246 g/mol. The Kier molecular flexibility index (Phi) is 4.10. The van der Waals surface area contributed by atoms with E-state index in [0.29, 0.717) is 5.15 Å². The second kappa shape index (κ2) is 5.78. The lowest BCUT2D eigenvalue weighted by Crippen LogP contribution is -1.97. The molecule has 2 nitrogen and oxygen atoms in total. The van der Waals surface area contributed by atoms with E-state index in [1.165, 1.54) is 0 Å². The summed E-state index contributed by atoms with van der Waals surface area (Å²) in [5.41, 5.74) is 1.98. The smallest absolute Gasteiger partial charge is 0.133 e. The molecule has 0 aliphatic carbocycles. The fourth-order valence-electron chi connectivity index (χ4n) is 1.67. The highest BCUT2D eigenvalue weighted by molar-refractivity contribution is 6.29. The van der Waals surface area contributed by atoms with Crippen molar-refractivity contribution in [3.63, 3.8) is 0 Å². The molecule has 0 unspecified atom stereocenters. The van der Waals surface area contributed by atoms with E-state index in [0.717, 1.165) is 36.3 Å². The predicted molar refractivity (Wildman–Crippen MR) is 71.1 cm³/mol. The highest BCUT2D eigenvalue weighted by Crippen LogP contribution is 2.20. The summed E-state index contributed by atoms with van der Waals surface area (Å²) in [4.78, 5) is 8.80. The zero-order chi connectivity index (χ0) is 12.1. The molecule has 0 saturated carbocycles. The summed E-state index contributed by atoms with van der Waals surface area (Å²) in [6, 6.07) is 11.9. The van der Waals surface area contributed by atoms with Crippen molar-refractivity contribution < 1.29 is 0 Å². The van der Waals surface area contributed by atoms with Gasteiger partial charge in [-0.25, -0.2) is 9.97 Å². The van der Waals surface area contributed by atoms with Crippen molar-refractivity contribution in [3.8, 4) is 11.3 Å². The van der Waals surface area contributed by atoms with Crippen LogP contribution in [0, 0.1) is 0 Å². The number of hydrogen-bond donors (Lipinski definition) is 0. The van der Waals surface area contributed by atoms with Gasteiger partial charge >= 0.3 is 0 Å². The molecular formula is C14H15ClN2. The third-order valence-electron chi connectivity index (χ3n) is 2.56. The van der Waals surface area contributed by atoms with Gasteiger partial charge in [0.15, 0.2) is 0 Å². The van der Waals surface area contributed by atoms with Gasteiger partial charge in [0.05, 0.1) is 5.69 Å². The number of aryl methyl sites for hydroxylation is 1. The first-order valence-corrected chi connectivity index (χ1v) is 6.26. The van der Waals surface area contributed by atoms with Gasteiger partial charge < -0.3 is 0 Å². The quantitative estimate of drug-likeness (QED) is 0.758. The van der Waals surface area contributed by atoms with Crippen LogP contribution >= 0.6 is 11.6 Å². The number of hydrogen-bond acceptors (Lipinski definition) is 2. The van der Waals surface area contributed by atoms with Crippen LogP contribution < -0.4 is 0 Å². The van der Waals surface area contributed by atoms with Crippen molar-refractivity contribution in [2.24, 2.45) is 0 Å². The van der Waals surface area contributed by atoms with Crippen LogP contribution in [0.1, 0.15) is 25.6 Å². The Bertz CT molecular complexity index is 483. The molecule has 0 radical (unpaired) electrons. The van der Waals surface area contributed by atoms with Crippen molar-refractivity contribution in [3.05, 3.63) is 47.4 Å². The predicted octanol–water partition coefficient (Wildman–Crippen LogP) is 4.14. The first-order valence-electron chi connectivity index (χ1n) is 5.88. The Hall–Kier alpha value is -1.41. The molecule has 0 amide bonds. The maximum absolute atomic E-state index is 6.03. The molecule has 0 atom stereocenters. The van der Waals surface area contributed by atoms with Crippen molar-refractivity contribution in [2.75, 3.05) is 0 Å². The van der Waals surface area contributed by atoms with E-state index in [1.54, 1.807) is 0 Å². The molecule has 17 heavy (non-hydrogen) atoms. The van der Waals surface area contributed by atoms with Crippen molar-refractivity contribution in [1.82, 2.24) is 9.97 Å². The van der Waals surface area contributed by atoms with Crippen LogP contribution in [-0.2, 0) is 6.42 Å². The first kappa shape index (κ1) is 12.1. The first-order chi connectivity index (χ1) is 8.29. The standard InChI is InChI=1S/C14H15ClN2/c1-2-3-9-14-16-12(10-13(15)17-14)11-7-5-4-6-8-11/h4-8,10H,2-3,9H2,1H3.